The van der Waals surface area contributed by atoms with Crippen molar-refractivity contribution >= 4 is 0 Å². The van der Waals surface area contributed by atoms with Crippen molar-refractivity contribution in [2.45, 2.75) is 6.92 Å². The van der Waals surface area contributed by atoms with Gasteiger partial charge in [-0.2, -0.15) is 4.98 Å². The fraction of sp³-hybridized carbons (Fsp3) is 0.133. The van der Waals surface area contributed by atoms with Crippen molar-refractivity contribution in [3.8, 4) is 34.3 Å². The maximum Gasteiger partial charge on any atom is 0.262 e. The van der Waals surface area contributed by atoms with Gasteiger partial charge < -0.3 is 14.4 Å². The van der Waals surface area contributed by atoms with Crippen LogP contribution in [0.1, 0.15) is 5.56 Å². The van der Waals surface area contributed by atoms with E-state index in [1.165, 1.54) is 13.2 Å². The number of hydrogen-bond acceptors (Lipinski definition) is 6. The highest BCUT2D eigenvalue weighted by molar-refractivity contribution is 5.66. The van der Waals surface area contributed by atoms with Crippen LogP contribution in [0.15, 0.2) is 41.2 Å². The molecule has 106 valence electrons. The third-order valence-electron chi connectivity index (χ3n) is 3.14. The molecular weight excluding hydrogens is 270 g/mol. The van der Waals surface area contributed by atoms with E-state index in [-0.39, 0.29) is 11.6 Å². The smallest absolute Gasteiger partial charge is 0.262 e. The monoisotopic (exact) mass is 283 g/mol. The van der Waals surface area contributed by atoms with Crippen LogP contribution in [0, 0.1) is 6.92 Å². The van der Waals surface area contributed by atoms with Crippen molar-refractivity contribution in [3.63, 3.8) is 0 Å². The van der Waals surface area contributed by atoms with Gasteiger partial charge in [0.15, 0.2) is 0 Å². The first kappa shape index (κ1) is 13.1. The average molecular weight is 283 g/mol. The second kappa shape index (κ2) is 5.24. The largest absolute Gasteiger partial charge is 0.507 e. The van der Waals surface area contributed by atoms with E-state index < -0.39 is 0 Å². The summed E-state index contributed by atoms with van der Waals surface area (Å²) >= 11 is 0. The Balaban J connectivity index is 2.01. The molecule has 6 nitrogen and oxygen atoms in total. The number of ether oxygens (including phenoxy) is 1. The van der Waals surface area contributed by atoms with Crippen LogP contribution in [-0.4, -0.2) is 27.3 Å². The van der Waals surface area contributed by atoms with Gasteiger partial charge >= 0.3 is 0 Å². The maximum atomic E-state index is 9.99. The molecule has 0 unspecified atom stereocenters. The summed E-state index contributed by atoms with van der Waals surface area (Å²) in [6.07, 6.45) is 3.38. The Bertz CT molecular complexity index is 783. The summed E-state index contributed by atoms with van der Waals surface area (Å²) in [6.45, 7) is 1.94. The minimum absolute atomic E-state index is 0.0208. The summed E-state index contributed by atoms with van der Waals surface area (Å²) in [5.41, 5.74) is 2.24. The molecule has 3 rings (SSSR count). The topological polar surface area (TPSA) is 81.3 Å². The molecule has 2 heterocycles. The number of nitrogens with zero attached hydrogens (tertiary/aromatic N) is 3. The van der Waals surface area contributed by atoms with Gasteiger partial charge in [-0.15, -0.1) is 0 Å². The van der Waals surface area contributed by atoms with E-state index in [0.717, 1.165) is 11.1 Å². The highest BCUT2D eigenvalue weighted by Gasteiger charge is 2.15. The number of phenolic OH excluding ortho intramolecular Hbond substituents is 1. The lowest BCUT2D eigenvalue weighted by Crippen LogP contribution is -1.87. The third kappa shape index (κ3) is 2.43. The highest BCUT2D eigenvalue weighted by Crippen LogP contribution is 2.32. The van der Waals surface area contributed by atoms with Crippen LogP contribution in [0.3, 0.4) is 0 Å². The van der Waals surface area contributed by atoms with Gasteiger partial charge in [0.05, 0.1) is 12.7 Å². The SMILES string of the molecule is COc1ccc(-c2nc(-c3cnccc3C)no2)c(O)c1. The van der Waals surface area contributed by atoms with Crippen LogP contribution in [0.2, 0.25) is 0 Å². The van der Waals surface area contributed by atoms with Crippen molar-refractivity contribution in [2.24, 2.45) is 0 Å². The second-order valence-electron chi connectivity index (χ2n) is 4.50. The molecular formula is C15H13N3O3. The molecule has 0 fully saturated rings. The summed E-state index contributed by atoms with van der Waals surface area (Å²) < 4.78 is 10.3. The first-order valence-electron chi connectivity index (χ1n) is 6.31. The molecule has 1 aromatic carbocycles. The molecule has 0 saturated carbocycles. The molecule has 2 aromatic heterocycles. The quantitative estimate of drug-likeness (QED) is 0.796. The highest BCUT2D eigenvalue weighted by atomic mass is 16.5. The van der Waals surface area contributed by atoms with Crippen molar-refractivity contribution < 1.29 is 14.4 Å². The van der Waals surface area contributed by atoms with Crippen LogP contribution < -0.4 is 4.74 Å². The molecule has 0 saturated heterocycles. The molecule has 3 aromatic rings. The number of aromatic nitrogens is 3. The summed E-state index contributed by atoms with van der Waals surface area (Å²) in [5.74, 6) is 1.26. The maximum absolute atomic E-state index is 9.99. The van der Waals surface area contributed by atoms with Gasteiger partial charge in [-0.1, -0.05) is 5.16 Å². The normalized spacial score (nSPS) is 10.6. The first-order valence-corrected chi connectivity index (χ1v) is 6.31. The van der Waals surface area contributed by atoms with E-state index in [1.54, 1.807) is 24.5 Å². The predicted molar refractivity (Wildman–Crippen MR) is 75.9 cm³/mol. The third-order valence-corrected chi connectivity index (χ3v) is 3.14. The molecule has 21 heavy (non-hydrogen) atoms. The zero-order chi connectivity index (χ0) is 14.8. The van der Waals surface area contributed by atoms with E-state index >= 15 is 0 Å². The summed E-state index contributed by atoms with van der Waals surface area (Å²) in [7, 11) is 1.53. The van der Waals surface area contributed by atoms with Crippen LogP contribution in [0.4, 0.5) is 0 Å². The van der Waals surface area contributed by atoms with Crippen molar-refractivity contribution in [3.05, 3.63) is 42.2 Å². The predicted octanol–water partition coefficient (Wildman–Crippen LogP) is 2.82. The molecule has 0 atom stereocenters. The van der Waals surface area contributed by atoms with Gasteiger partial charge in [-0.05, 0) is 30.7 Å². The number of methoxy groups -OCH3 is 1. The molecule has 1 N–H and O–H groups in total. The van der Waals surface area contributed by atoms with Crippen molar-refractivity contribution in [1.29, 1.82) is 0 Å². The number of hydrogen-bond donors (Lipinski definition) is 1. The molecule has 6 heteroatoms. The Morgan fingerprint density at radius 3 is 2.76 bits per heavy atom. The van der Waals surface area contributed by atoms with E-state index in [0.29, 0.717) is 17.1 Å². The summed E-state index contributed by atoms with van der Waals surface area (Å²) in [6, 6.07) is 6.75. The Kier molecular flexibility index (Phi) is 3.27. The Labute approximate surface area is 121 Å². The zero-order valence-electron chi connectivity index (χ0n) is 11.6. The number of benzene rings is 1. The Hall–Kier alpha value is -2.89. The lowest BCUT2D eigenvalue weighted by molar-refractivity contribution is 0.405. The van der Waals surface area contributed by atoms with Crippen LogP contribution in [-0.2, 0) is 0 Å². The lowest BCUT2D eigenvalue weighted by Gasteiger charge is -2.02. The Morgan fingerprint density at radius 2 is 2.05 bits per heavy atom. The molecule has 0 radical (unpaired) electrons. The van der Waals surface area contributed by atoms with Crippen molar-refractivity contribution in [2.75, 3.05) is 7.11 Å². The molecule has 0 amide bonds. The molecule has 0 aliphatic carbocycles. The number of phenols is 1. The van der Waals surface area contributed by atoms with Crippen LogP contribution in [0.25, 0.3) is 22.8 Å². The first-order chi connectivity index (χ1) is 10.2. The van der Waals surface area contributed by atoms with E-state index in [9.17, 15) is 5.11 Å². The van der Waals surface area contributed by atoms with E-state index in [1.807, 2.05) is 13.0 Å². The molecule has 0 spiro atoms. The van der Waals surface area contributed by atoms with Crippen molar-refractivity contribution in [1.82, 2.24) is 15.1 Å². The minimum atomic E-state index is 0.0208. The average Bonchev–Trinajstić information content (AvgIpc) is 2.97. The number of aromatic hydroxyl groups is 1. The van der Waals surface area contributed by atoms with Crippen LogP contribution in [0.5, 0.6) is 11.5 Å². The molecule has 0 aliphatic rings. The Morgan fingerprint density at radius 1 is 1.19 bits per heavy atom. The van der Waals surface area contributed by atoms with Gasteiger partial charge in [-0.3, -0.25) is 4.98 Å². The minimum Gasteiger partial charge on any atom is -0.507 e. The number of aryl methyl sites for hydroxylation is 1. The van der Waals surface area contributed by atoms with Gasteiger partial charge in [-0.25, -0.2) is 0 Å². The fourth-order valence-electron chi connectivity index (χ4n) is 1.96. The summed E-state index contributed by atoms with van der Waals surface area (Å²) in [4.78, 5) is 8.37. The zero-order valence-corrected chi connectivity index (χ0v) is 11.6. The van der Waals surface area contributed by atoms with E-state index in [4.69, 9.17) is 9.26 Å². The fourth-order valence-corrected chi connectivity index (χ4v) is 1.96. The number of pyridine rings is 1. The van der Waals surface area contributed by atoms with Gasteiger partial charge in [0.2, 0.25) is 5.82 Å². The van der Waals surface area contributed by atoms with E-state index in [2.05, 4.69) is 15.1 Å². The van der Waals surface area contributed by atoms with Gasteiger partial charge in [0.25, 0.3) is 5.89 Å². The summed E-state index contributed by atoms with van der Waals surface area (Å²) in [5, 5.41) is 13.9. The van der Waals surface area contributed by atoms with Gasteiger partial charge in [0, 0.05) is 24.0 Å². The second-order valence-corrected chi connectivity index (χ2v) is 4.50. The number of rotatable bonds is 3. The molecule has 0 aliphatic heterocycles. The molecule has 0 bridgehead atoms. The lowest BCUT2D eigenvalue weighted by atomic mass is 10.1. The van der Waals surface area contributed by atoms with Crippen LogP contribution >= 0.6 is 0 Å². The van der Waals surface area contributed by atoms with Gasteiger partial charge in [0.1, 0.15) is 11.5 Å². The standard InChI is InChI=1S/C15H13N3O3/c1-9-5-6-16-8-12(9)14-17-15(21-18-14)11-4-3-10(20-2)7-13(11)19/h3-8,19H,1-2H3.